The van der Waals surface area contributed by atoms with Crippen LogP contribution in [0.5, 0.6) is 11.5 Å². The van der Waals surface area contributed by atoms with Gasteiger partial charge in [-0.05, 0) is 62.4 Å². The number of hydrogen-bond donors (Lipinski definition) is 1. The van der Waals surface area contributed by atoms with Gasteiger partial charge in [0.1, 0.15) is 22.9 Å². The molecule has 1 amide bonds. The minimum Gasteiger partial charge on any atom is -0.456 e. The molecular formula is C29H24ClFN6O4. The van der Waals surface area contributed by atoms with Crippen LogP contribution in [0.1, 0.15) is 30.2 Å². The van der Waals surface area contributed by atoms with Crippen molar-refractivity contribution in [2.75, 3.05) is 5.32 Å². The highest BCUT2D eigenvalue weighted by Gasteiger charge is 2.20. The Morgan fingerprint density at radius 2 is 1.80 bits per heavy atom. The molecule has 0 aliphatic carbocycles. The summed E-state index contributed by atoms with van der Waals surface area (Å²) in [7, 11) is 1.81. The van der Waals surface area contributed by atoms with Crippen LogP contribution in [0.15, 0.2) is 89.0 Å². The topological polar surface area (TPSA) is 113 Å². The molecule has 0 bridgehead atoms. The van der Waals surface area contributed by atoms with Crippen molar-refractivity contribution in [3.8, 4) is 28.4 Å². The molecule has 2 aromatic carbocycles. The van der Waals surface area contributed by atoms with Gasteiger partial charge in [0.25, 0.3) is 11.5 Å². The van der Waals surface area contributed by atoms with E-state index in [-0.39, 0.29) is 22.3 Å². The standard InChI is InChI=1S/C29H24ClFN6O4/c1-17(2)36-16-23(28(39)37(29(36)40)21-7-4-19(31)5-8-21)27(38)34-20-6-9-26(24(30)12-20)41-22-10-11-32-25(13-22)18-14-33-35(3)15-18/h4-17H,1-3H3,(H,34,38). The third-order valence-electron chi connectivity index (χ3n) is 6.15. The van der Waals surface area contributed by atoms with E-state index in [4.69, 9.17) is 16.3 Å². The van der Waals surface area contributed by atoms with E-state index in [1.54, 1.807) is 55.2 Å². The van der Waals surface area contributed by atoms with Crippen molar-refractivity contribution in [2.24, 2.45) is 7.05 Å². The first kappa shape index (κ1) is 27.5. The van der Waals surface area contributed by atoms with Crippen LogP contribution < -0.4 is 21.3 Å². The molecule has 3 aromatic heterocycles. The molecule has 0 aliphatic heterocycles. The molecule has 12 heteroatoms. The van der Waals surface area contributed by atoms with Gasteiger partial charge < -0.3 is 10.1 Å². The second kappa shape index (κ2) is 11.2. The largest absolute Gasteiger partial charge is 0.456 e. The zero-order valence-corrected chi connectivity index (χ0v) is 23.0. The van der Waals surface area contributed by atoms with Gasteiger partial charge in [0.2, 0.25) is 0 Å². The lowest BCUT2D eigenvalue weighted by atomic mass is 10.2. The Morgan fingerprint density at radius 3 is 2.46 bits per heavy atom. The van der Waals surface area contributed by atoms with Crippen LogP contribution in [0.25, 0.3) is 16.9 Å². The molecule has 3 heterocycles. The van der Waals surface area contributed by atoms with Crippen molar-refractivity contribution in [1.82, 2.24) is 23.9 Å². The number of rotatable bonds is 7. The minimum atomic E-state index is -0.843. The summed E-state index contributed by atoms with van der Waals surface area (Å²) < 4.78 is 23.2. The molecule has 0 saturated heterocycles. The lowest BCUT2D eigenvalue weighted by Gasteiger charge is -2.16. The fourth-order valence-corrected chi connectivity index (χ4v) is 4.31. The highest BCUT2D eigenvalue weighted by Crippen LogP contribution is 2.33. The molecule has 0 radical (unpaired) electrons. The van der Waals surface area contributed by atoms with Crippen molar-refractivity contribution in [3.63, 3.8) is 0 Å². The molecule has 5 aromatic rings. The molecule has 0 aliphatic rings. The van der Waals surface area contributed by atoms with E-state index in [1.165, 1.54) is 29.0 Å². The second-order valence-corrected chi connectivity index (χ2v) is 9.83. The van der Waals surface area contributed by atoms with Gasteiger partial charge in [-0.25, -0.2) is 13.8 Å². The van der Waals surface area contributed by atoms with Gasteiger partial charge in [0.05, 0.1) is 22.6 Å². The van der Waals surface area contributed by atoms with Crippen LogP contribution in [-0.2, 0) is 7.05 Å². The molecule has 0 spiro atoms. The van der Waals surface area contributed by atoms with Crippen LogP contribution in [0.4, 0.5) is 10.1 Å². The summed E-state index contributed by atoms with van der Waals surface area (Å²) in [5, 5.41) is 7.01. The molecule has 0 unspecified atom stereocenters. The Balaban J connectivity index is 1.41. The number of carbonyl (C=O) groups excluding carboxylic acids is 1. The van der Waals surface area contributed by atoms with Crippen molar-refractivity contribution < 1.29 is 13.9 Å². The molecule has 208 valence electrons. The van der Waals surface area contributed by atoms with Gasteiger partial charge >= 0.3 is 5.69 Å². The number of aryl methyl sites for hydroxylation is 1. The molecule has 0 saturated carbocycles. The van der Waals surface area contributed by atoms with Crippen molar-refractivity contribution in [3.05, 3.63) is 117 Å². The maximum Gasteiger partial charge on any atom is 0.335 e. The number of pyridine rings is 1. The third-order valence-corrected chi connectivity index (χ3v) is 6.44. The Labute approximate surface area is 238 Å². The summed E-state index contributed by atoms with van der Waals surface area (Å²) in [6, 6.07) is 12.6. The number of aromatic nitrogens is 5. The van der Waals surface area contributed by atoms with Crippen LogP contribution >= 0.6 is 11.6 Å². The number of amides is 1. The van der Waals surface area contributed by atoms with Crippen molar-refractivity contribution in [1.29, 1.82) is 0 Å². The molecule has 0 fully saturated rings. The van der Waals surface area contributed by atoms with Crippen LogP contribution in [0.2, 0.25) is 5.02 Å². The smallest absolute Gasteiger partial charge is 0.335 e. The average Bonchev–Trinajstić information content (AvgIpc) is 3.37. The number of ether oxygens (including phenoxy) is 1. The normalized spacial score (nSPS) is 11.1. The predicted molar refractivity (Wildman–Crippen MR) is 153 cm³/mol. The number of halogens is 2. The monoisotopic (exact) mass is 574 g/mol. The number of nitrogens with zero attached hydrogens (tertiary/aromatic N) is 5. The SMILES string of the molecule is CC(C)n1cc(C(=O)Nc2ccc(Oc3ccnc(-c4cnn(C)c4)c3)c(Cl)c2)c(=O)n(-c2ccc(F)cc2)c1=O. The molecule has 41 heavy (non-hydrogen) atoms. The van der Waals surface area contributed by atoms with Crippen LogP contribution in [0.3, 0.4) is 0 Å². The fourth-order valence-electron chi connectivity index (χ4n) is 4.09. The second-order valence-electron chi connectivity index (χ2n) is 9.42. The van der Waals surface area contributed by atoms with E-state index in [9.17, 15) is 18.8 Å². The van der Waals surface area contributed by atoms with Crippen molar-refractivity contribution >= 4 is 23.2 Å². The number of nitrogens with one attached hydrogen (secondary N) is 1. The van der Waals surface area contributed by atoms with Gasteiger partial charge in [0, 0.05) is 49.0 Å². The van der Waals surface area contributed by atoms with Gasteiger partial charge in [-0.3, -0.25) is 23.8 Å². The van der Waals surface area contributed by atoms with Crippen LogP contribution in [0, 0.1) is 5.82 Å². The van der Waals surface area contributed by atoms with Gasteiger partial charge in [-0.1, -0.05) is 11.6 Å². The molecule has 10 nitrogen and oxygen atoms in total. The van der Waals surface area contributed by atoms with E-state index in [0.29, 0.717) is 22.9 Å². The quantitative estimate of drug-likeness (QED) is 0.285. The zero-order valence-electron chi connectivity index (χ0n) is 22.2. The van der Waals surface area contributed by atoms with E-state index in [0.717, 1.165) is 22.3 Å². The van der Waals surface area contributed by atoms with Gasteiger partial charge in [-0.2, -0.15) is 5.10 Å². The highest BCUT2D eigenvalue weighted by atomic mass is 35.5. The maximum absolute atomic E-state index is 13.5. The van der Waals surface area contributed by atoms with E-state index < -0.39 is 23.0 Å². The van der Waals surface area contributed by atoms with E-state index in [1.807, 2.05) is 13.2 Å². The zero-order chi connectivity index (χ0) is 29.3. The summed E-state index contributed by atoms with van der Waals surface area (Å²) in [5.74, 6) is -0.447. The first-order valence-corrected chi connectivity index (χ1v) is 12.9. The van der Waals surface area contributed by atoms with E-state index in [2.05, 4.69) is 15.4 Å². The first-order valence-electron chi connectivity index (χ1n) is 12.5. The van der Waals surface area contributed by atoms with Crippen LogP contribution in [-0.4, -0.2) is 29.8 Å². The maximum atomic E-state index is 13.5. The summed E-state index contributed by atoms with van der Waals surface area (Å²) in [5.41, 5.74) is 0.156. The van der Waals surface area contributed by atoms with Gasteiger partial charge in [-0.15, -0.1) is 0 Å². The fraction of sp³-hybridized carbons (Fsp3) is 0.138. The Morgan fingerprint density at radius 1 is 1.05 bits per heavy atom. The summed E-state index contributed by atoms with van der Waals surface area (Å²) >= 11 is 6.46. The summed E-state index contributed by atoms with van der Waals surface area (Å²) in [6.07, 6.45) is 6.35. The average molecular weight is 575 g/mol. The molecule has 1 N–H and O–H groups in total. The third kappa shape index (κ3) is 5.80. The Kier molecular flexibility index (Phi) is 7.54. The van der Waals surface area contributed by atoms with Crippen molar-refractivity contribution in [2.45, 2.75) is 19.9 Å². The van der Waals surface area contributed by atoms with E-state index >= 15 is 0 Å². The number of benzene rings is 2. The highest BCUT2D eigenvalue weighted by molar-refractivity contribution is 6.32. The lowest BCUT2D eigenvalue weighted by molar-refractivity contribution is 0.102. The summed E-state index contributed by atoms with van der Waals surface area (Å²) in [4.78, 5) is 43.9. The molecule has 5 rings (SSSR count). The predicted octanol–water partition coefficient (Wildman–Crippen LogP) is 5.21. The summed E-state index contributed by atoms with van der Waals surface area (Å²) in [6.45, 7) is 3.48. The van der Waals surface area contributed by atoms with Gasteiger partial charge in [0.15, 0.2) is 0 Å². The lowest BCUT2D eigenvalue weighted by Crippen LogP contribution is -2.42. The number of hydrogen-bond acceptors (Lipinski definition) is 6. The number of carbonyl (C=O) groups is 1. The first-order chi connectivity index (χ1) is 19.6. The minimum absolute atomic E-state index is 0.137. The Hall–Kier alpha value is -5.03. The Bertz CT molecular complexity index is 1880. The molecular weight excluding hydrogens is 551 g/mol. The molecule has 0 atom stereocenters. The number of anilines is 1.